The number of aromatic nitrogens is 3. The van der Waals surface area contributed by atoms with Crippen LogP contribution in [-0.4, -0.2) is 33.8 Å². The molecular weight excluding hydrogens is 326 g/mol. The summed E-state index contributed by atoms with van der Waals surface area (Å²) in [7, 11) is 0. The van der Waals surface area contributed by atoms with Gasteiger partial charge in [0.1, 0.15) is 0 Å². The van der Waals surface area contributed by atoms with Crippen LogP contribution in [0.25, 0.3) is 5.82 Å². The van der Waals surface area contributed by atoms with Crippen LogP contribution >= 0.6 is 0 Å². The molecule has 1 amide bonds. The van der Waals surface area contributed by atoms with E-state index in [1.807, 2.05) is 42.9 Å². The van der Waals surface area contributed by atoms with Gasteiger partial charge < -0.3 is 10.6 Å². The maximum Gasteiger partial charge on any atom is 0.228 e. The van der Waals surface area contributed by atoms with Crippen molar-refractivity contribution in [2.24, 2.45) is 11.3 Å². The highest BCUT2D eigenvalue weighted by molar-refractivity contribution is 5.83. The van der Waals surface area contributed by atoms with Gasteiger partial charge in [0.05, 0.1) is 11.1 Å². The van der Waals surface area contributed by atoms with Gasteiger partial charge >= 0.3 is 0 Å². The Kier molecular flexibility index (Phi) is 4.53. The molecule has 2 aromatic rings. The number of carbonyl (C=O) groups excluding carboxylic acids is 1. The van der Waals surface area contributed by atoms with Crippen molar-refractivity contribution in [3.05, 3.63) is 41.3 Å². The van der Waals surface area contributed by atoms with E-state index in [-0.39, 0.29) is 11.3 Å². The van der Waals surface area contributed by atoms with E-state index >= 15 is 0 Å². The normalized spacial score (nSPS) is 25.1. The number of amides is 1. The number of pyridine rings is 1. The minimum Gasteiger partial charge on any atom is -0.351 e. The van der Waals surface area contributed by atoms with Crippen LogP contribution in [0, 0.1) is 25.2 Å². The number of fused-ring (bicyclic) bond motifs is 1. The Balaban J connectivity index is 1.42. The van der Waals surface area contributed by atoms with E-state index < -0.39 is 0 Å². The largest absolute Gasteiger partial charge is 0.351 e. The second-order valence-electron chi connectivity index (χ2n) is 7.78. The molecule has 4 rings (SSSR count). The number of carbonyl (C=O) groups is 1. The van der Waals surface area contributed by atoms with Gasteiger partial charge in [-0.3, -0.25) is 4.79 Å². The highest BCUT2D eigenvalue weighted by atomic mass is 16.2. The van der Waals surface area contributed by atoms with Crippen molar-refractivity contribution < 1.29 is 4.79 Å². The highest BCUT2D eigenvalue weighted by Gasteiger charge is 2.49. The molecule has 1 aliphatic carbocycles. The van der Waals surface area contributed by atoms with Gasteiger partial charge in [-0.15, -0.1) is 0 Å². The molecule has 1 saturated carbocycles. The maximum atomic E-state index is 12.9. The summed E-state index contributed by atoms with van der Waals surface area (Å²) < 4.78 is 1.84. The Morgan fingerprint density at radius 2 is 2.27 bits per heavy atom. The first-order chi connectivity index (χ1) is 12.6. The third-order valence-corrected chi connectivity index (χ3v) is 5.98. The Bertz CT molecular complexity index is 797. The highest BCUT2D eigenvalue weighted by Crippen LogP contribution is 2.43. The lowest BCUT2D eigenvalue weighted by Gasteiger charge is -2.37. The Labute approximate surface area is 154 Å². The van der Waals surface area contributed by atoms with Crippen molar-refractivity contribution >= 4 is 5.91 Å². The molecule has 0 unspecified atom stereocenters. The van der Waals surface area contributed by atoms with E-state index in [1.54, 1.807) is 0 Å². The molecule has 1 saturated heterocycles. The molecule has 2 fully saturated rings. The summed E-state index contributed by atoms with van der Waals surface area (Å²) in [4.78, 5) is 17.4. The third-order valence-electron chi connectivity index (χ3n) is 5.98. The summed E-state index contributed by atoms with van der Waals surface area (Å²) in [6, 6.07) is 6.01. The van der Waals surface area contributed by atoms with Gasteiger partial charge in [-0.1, -0.05) is 18.9 Å². The van der Waals surface area contributed by atoms with Crippen LogP contribution < -0.4 is 10.6 Å². The van der Waals surface area contributed by atoms with Crippen molar-refractivity contribution in [3.63, 3.8) is 0 Å². The van der Waals surface area contributed by atoms with Gasteiger partial charge in [0.2, 0.25) is 5.91 Å². The van der Waals surface area contributed by atoms with Crippen LogP contribution in [0.3, 0.4) is 0 Å². The molecule has 2 atom stereocenters. The lowest BCUT2D eigenvalue weighted by molar-refractivity contribution is -0.134. The second kappa shape index (κ2) is 6.83. The van der Waals surface area contributed by atoms with Gasteiger partial charge in [0.15, 0.2) is 5.82 Å². The fourth-order valence-corrected chi connectivity index (χ4v) is 4.56. The smallest absolute Gasteiger partial charge is 0.228 e. The number of aryl methyl sites for hydroxylation is 2. The quantitative estimate of drug-likeness (QED) is 0.885. The summed E-state index contributed by atoms with van der Waals surface area (Å²) in [5.74, 6) is 1.49. The average molecular weight is 353 g/mol. The molecular formula is C20H27N5O. The molecule has 0 bridgehead atoms. The fraction of sp³-hybridized carbons (Fsp3) is 0.550. The summed E-state index contributed by atoms with van der Waals surface area (Å²) in [5, 5.41) is 11.1. The van der Waals surface area contributed by atoms with Crippen molar-refractivity contribution in [2.45, 2.75) is 46.1 Å². The van der Waals surface area contributed by atoms with Crippen molar-refractivity contribution in [1.82, 2.24) is 25.4 Å². The van der Waals surface area contributed by atoms with E-state index in [9.17, 15) is 4.79 Å². The lowest BCUT2D eigenvalue weighted by Crippen LogP contribution is -2.47. The maximum absolute atomic E-state index is 12.9. The molecule has 2 aliphatic rings. The van der Waals surface area contributed by atoms with Gasteiger partial charge in [-0.25, -0.2) is 9.67 Å². The molecule has 2 N–H and O–H groups in total. The fourth-order valence-electron chi connectivity index (χ4n) is 4.56. The number of nitrogens with one attached hydrogen (secondary N) is 2. The molecule has 0 radical (unpaired) electrons. The monoisotopic (exact) mass is 353 g/mol. The van der Waals surface area contributed by atoms with Crippen molar-refractivity contribution in [3.8, 4) is 5.82 Å². The topological polar surface area (TPSA) is 71.8 Å². The predicted octanol–water partition coefficient (Wildman–Crippen LogP) is 2.28. The molecule has 138 valence electrons. The standard InChI is InChI=1S/C20H27N5O/c1-14-9-15(2)25(24-14)18-7-6-16(10-22-18)11-23-19(26)20-8-4-3-5-17(20)12-21-13-20/h6-7,9-10,17,21H,3-5,8,11-13H2,1-2H3,(H,23,26)/t17-,20+/m0/s1. The number of hydrogen-bond donors (Lipinski definition) is 2. The Hall–Kier alpha value is -2.21. The van der Waals surface area contributed by atoms with Gasteiger partial charge in [-0.2, -0.15) is 5.10 Å². The van der Waals surface area contributed by atoms with E-state index in [0.717, 1.165) is 48.7 Å². The zero-order valence-corrected chi connectivity index (χ0v) is 15.6. The molecule has 6 heteroatoms. The van der Waals surface area contributed by atoms with Crippen LogP contribution in [0.2, 0.25) is 0 Å². The molecule has 0 aromatic carbocycles. The summed E-state index contributed by atoms with van der Waals surface area (Å²) in [5.41, 5.74) is 2.85. The summed E-state index contributed by atoms with van der Waals surface area (Å²) in [6.07, 6.45) is 6.41. The van der Waals surface area contributed by atoms with Crippen molar-refractivity contribution in [1.29, 1.82) is 0 Å². The zero-order valence-electron chi connectivity index (χ0n) is 15.6. The van der Waals surface area contributed by atoms with Crippen LogP contribution in [0.4, 0.5) is 0 Å². The van der Waals surface area contributed by atoms with Gasteiger partial charge in [-0.05, 0) is 56.8 Å². The molecule has 6 nitrogen and oxygen atoms in total. The van der Waals surface area contributed by atoms with Gasteiger partial charge in [0, 0.05) is 25.0 Å². The number of hydrogen-bond acceptors (Lipinski definition) is 4. The minimum atomic E-state index is -0.199. The minimum absolute atomic E-state index is 0.199. The van der Waals surface area contributed by atoms with E-state index in [1.165, 1.54) is 12.8 Å². The van der Waals surface area contributed by atoms with Crippen LogP contribution in [0.15, 0.2) is 24.4 Å². The van der Waals surface area contributed by atoms with Crippen LogP contribution in [0.1, 0.15) is 42.6 Å². The molecule has 3 heterocycles. The first-order valence-electron chi connectivity index (χ1n) is 9.56. The van der Waals surface area contributed by atoms with E-state index in [2.05, 4.69) is 20.7 Å². The second-order valence-corrected chi connectivity index (χ2v) is 7.78. The lowest BCUT2D eigenvalue weighted by atomic mass is 9.67. The van der Waals surface area contributed by atoms with Crippen LogP contribution in [0.5, 0.6) is 0 Å². The first-order valence-corrected chi connectivity index (χ1v) is 9.56. The SMILES string of the molecule is Cc1cc(C)n(-c2ccc(CNC(=O)[C@@]34CCCC[C@H]3CNC4)cn2)n1. The molecule has 0 spiro atoms. The molecule has 2 aromatic heterocycles. The summed E-state index contributed by atoms with van der Waals surface area (Å²) >= 11 is 0. The Morgan fingerprint density at radius 1 is 1.38 bits per heavy atom. The molecule has 1 aliphatic heterocycles. The van der Waals surface area contributed by atoms with Gasteiger partial charge in [0.25, 0.3) is 0 Å². The first kappa shape index (κ1) is 17.2. The zero-order chi connectivity index (χ0) is 18.1. The van der Waals surface area contributed by atoms with E-state index in [4.69, 9.17) is 0 Å². The average Bonchev–Trinajstić information content (AvgIpc) is 3.23. The predicted molar refractivity (Wildman–Crippen MR) is 99.9 cm³/mol. The Morgan fingerprint density at radius 3 is 3.00 bits per heavy atom. The molecule has 26 heavy (non-hydrogen) atoms. The third kappa shape index (κ3) is 3.03. The number of rotatable bonds is 4. The van der Waals surface area contributed by atoms with E-state index in [0.29, 0.717) is 12.5 Å². The summed E-state index contributed by atoms with van der Waals surface area (Å²) in [6.45, 7) is 6.32. The van der Waals surface area contributed by atoms with Crippen molar-refractivity contribution in [2.75, 3.05) is 13.1 Å². The number of nitrogens with zero attached hydrogens (tertiary/aromatic N) is 3. The van der Waals surface area contributed by atoms with Crippen LogP contribution in [-0.2, 0) is 11.3 Å².